The molecule has 0 aliphatic carbocycles. The molecule has 3 nitrogen and oxygen atoms in total. The Bertz CT molecular complexity index is 444. The second-order valence-electron chi connectivity index (χ2n) is 3.93. The predicted octanol–water partition coefficient (Wildman–Crippen LogP) is 1.95. The summed E-state index contributed by atoms with van der Waals surface area (Å²) in [6.07, 6.45) is 0.363. The number of amidine groups is 1. The number of aliphatic hydroxyl groups is 1. The van der Waals surface area contributed by atoms with E-state index in [2.05, 4.69) is 9.89 Å². The van der Waals surface area contributed by atoms with E-state index >= 15 is 0 Å². The Morgan fingerprint density at radius 3 is 3.20 bits per heavy atom. The van der Waals surface area contributed by atoms with E-state index in [4.69, 9.17) is 11.6 Å². The number of hydrogen-bond donors (Lipinski definition) is 1. The highest BCUT2D eigenvalue weighted by Gasteiger charge is 2.31. The van der Waals surface area contributed by atoms with Gasteiger partial charge in [-0.25, -0.2) is 4.99 Å². The van der Waals surface area contributed by atoms with Crippen molar-refractivity contribution in [3.8, 4) is 0 Å². The van der Waals surface area contributed by atoms with Gasteiger partial charge in [0.05, 0.1) is 5.69 Å². The van der Waals surface area contributed by atoms with Gasteiger partial charge < -0.3 is 10.0 Å². The topological polar surface area (TPSA) is 35.8 Å². The number of hydrogen-bond acceptors (Lipinski definition) is 3. The molecular formula is C11H11ClN2O. The lowest BCUT2D eigenvalue weighted by Gasteiger charge is -2.25. The molecule has 1 atom stereocenters. The summed E-state index contributed by atoms with van der Waals surface area (Å²) in [4.78, 5) is 6.55. The normalized spacial score (nSPS) is 23.5. The first-order valence-electron chi connectivity index (χ1n) is 5.04. The predicted molar refractivity (Wildman–Crippen MR) is 59.6 cm³/mol. The van der Waals surface area contributed by atoms with Gasteiger partial charge in [-0.15, -0.1) is 0 Å². The third kappa shape index (κ3) is 1.34. The van der Waals surface area contributed by atoms with Gasteiger partial charge in [-0.05, 0) is 18.6 Å². The Morgan fingerprint density at radius 1 is 1.47 bits per heavy atom. The van der Waals surface area contributed by atoms with Crippen LogP contribution in [-0.4, -0.2) is 28.5 Å². The molecule has 78 valence electrons. The Kier molecular flexibility index (Phi) is 1.97. The minimum atomic E-state index is -0.405. The van der Waals surface area contributed by atoms with Crippen molar-refractivity contribution in [1.29, 1.82) is 0 Å². The summed E-state index contributed by atoms with van der Waals surface area (Å²) >= 11 is 6.11. The monoisotopic (exact) mass is 222 g/mol. The summed E-state index contributed by atoms with van der Waals surface area (Å²) < 4.78 is 0. The summed E-state index contributed by atoms with van der Waals surface area (Å²) in [7, 11) is 0. The van der Waals surface area contributed by atoms with Crippen LogP contribution in [0.25, 0.3) is 0 Å². The minimum absolute atomic E-state index is 0.405. The van der Waals surface area contributed by atoms with Gasteiger partial charge in [0.1, 0.15) is 11.9 Å². The highest BCUT2D eigenvalue weighted by Crippen LogP contribution is 2.34. The fourth-order valence-corrected chi connectivity index (χ4v) is 2.39. The lowest BCUT2D eigenvalue weighted by Crippen LogP contribution is -2.31. The Morgan fingerprint density at radius 2 is 2.33 bits per heavy atom. The van der Waals surface area contributed by atoms with Crippen LogP contribution in [0.3, 0.4) is 0 Å². The minimum Gasteiger partial charge on any atom is -0.385 e. The highest BCUT2D eigenvalue weighted by molar-refractivity contribution is 6.31. The second-order valence-corrected chi connectivity index (χ2v) is 4.34. The Balaban J connectivity index is 2.12. The van der Waals surface area contributed by atoms with Crippen LogP contribution in [0.5, 0.6) is 0 Å². The van der Waals surface area contributed by atoms with E-state index < -0.39 is 6.10 Å². The maximum Gasteiger partial charge on any atom is 0.134 e. The molecule has 0 spiro atoms. The summed E-state index contributed by atoms with van der Waals surface area (Å²) in [6.45, 7) is 1.63. The van der Waals surface area contributed by atoms with Gasteiger partial charge in [-0.1, -0.05) is 17.7 Å². The van der Waals surface area contributed by atoms with Crippen molar-refractivity contribution in [2.24, 2.45) is 4.99 Å². The van der Waals surface area contributed by atoms with E-state index in [0.717, 1.165) is 41.6 Å². The first-order valence-corrected chi connectivity index (χ1v) is 5.42. The van der Waals surface area contributed by atoms with Gasteiger partial charge in [-0.2, -0.15) is 0 Å². The highest BCUT2D eigenvalue weighted by atomic mass is 35.5. The third-order valence-corrected chi connectivity index (χ3v) is 3.33. The van der Waals surface area contributed by atoms with E-state index in [1.807, 2.05) is 18.2 Å². The molecule has 1 saturated heterocycles. The molecule has 0 aromatic heterocycles. The van der Waals surface area contributed by atoms with Crippen LogP contribution in [0.15, 0.2) is 23.2 Å². The molecular weight excluding hydrogens is 212 g/mol. The SMILES string of the molecule is O[C@H]1CCN2Cc3c(Cl)cccc3N=C12. The third-order valence-electron chi connectivity index (χ3n) is 2.97. The molecule has 1 fully saturated rings. The van der Waals surface area contributed by atoms with Crippen LogP contribution in [0.4, 0.5) is 5.69 Å². The standard InChI is InChI=1S/C11H11ClN2O/c12-8-2-1-3-9-7(8)6-14-5-4-10(15)11(14)13-9/h1-3,10,15H,4-6H2/t10-/m0/s1. The molecule has 2 heterocycles. The average molecular weight is 223 g/mol. The van der Waals surface area contributed by atoms with Crippen molar-refractivity contribution in [2.45, 2.75) is 19.1 Å². The van der Waals surface area contributed by atoms with Crippen molar-refractivity contribution < 1.29 is 5.11 Å². The molecule has 1 N–H and O–H groups in total. The lowest BCUT2D eigenvalue weighted by atomic mass is 10.1. The van der Waals surface area contributed by atoms with E-state index in [-0.39, 0.29) is 0 Å². The maximum atomic E-state index is 9.71. The molecule has 2 aliphatic rings. The van der Waals surface area contributed by atoms with E-state index in [1.165, 1.54) is 0 Å². The molecule has 0 amide bonds. The zero-order valence-corrected chi connectivity index (χ0v) is 8.91. The molecule has 0 radical (unpaired) electrons. The number of aliphatic imine (C=N–C) groups is 1. The summed E-state index contributed by atoms with van der Waals surface area (Å²) in [5.74, 6) is 0.796. The number of nitrogens with zero attached hydrogens (tertiary/aromatic N) is 2. The molecule has 1 aromatic carbocycles. The number of aliphatic hydroxyl groups excluding tert-OH is 1. The molecule has 0 unspecified atom stereocenters. The fraction of sp³-hybridized carbons (Fsp3) is 0.364. The van der Waals surface area contributed by atoms with E-state index in [1.54, 1.807) is 0 Å². The number of fused-ring (bicyclic) bond motifs is 2. The molecule has 0 saturated carbocycles. The van der Waals surface area contributed by atoms with Crippen LogP contribution in [0, 0.1) is 0 Å². The van der Waals surface area contributed by atoms with Crippen molar-refractivity contribution in [1.82, 2.24) is 4.90 Å². The molecule has 3 rings (SSSR count). The molecule has 1 aromatic rings. The summed E-state index contributed by atoms with van der Waals surface area (Å²) in [5, 5.41) is 10.5. The van der Waals surface area contributed by atoms with Crippen LogP contribution >= 0.6 is 11.6 Å². The van der Waals surface area contributed by atoms with Crippen molar-refractivity contribution in [3.05, 3.63) is 28.8 Å². The number of benzene rings is 1. The zero-order valence-electron chi connectivity index (χ0n) is 8.15. The van der Waals surface area contributed by atoms with Gasteiger partial charge >= 0.3 is 0 Å². The molecule has 4 heteroatoms. The van der Waals surface area contributed by atoms with Gasteiger partial charge in [-0.3, -0.25) is 0 Å². The summed E-state index contributed by atoms with van der Waals surface area (Å²) in [6, 6.07) is 5.71. The lowest BCUT2D eigenvalue weighted by molar-refractivity contribution is 0.245. The van der Waals surface area contributed by atoms with Gasteiger partial charge in [0, 0.05) is 23.7 Å². The maximum absolute atomic E-state index is 9.71. The average Bonchev–Trinajstić information content (AvgIpc) is 2.59. The second kappa shape index (κ2) is 3.22. The zero-order chi connectivity index (χ0) is 10.4. The Labute approximate surface area is 93.0 Å². The van der Waals surface area contributed by atoms with Gasteiger partial charge in [0.2, 0.25) is 0 Å². The molecule has 15 heavy (non-hydrogen) atoms. The van der Waals surface area contributed by atoms with Crippen LogP contribution in [0.2, 0.25) is 5.02 Å². The van der Waals surface area contributed by atoms with Crippen molar-refractivity contribution in [2.75, 3.05) is 6.54 Å². The number of rotatable bonds is 0. The van der Waals surface area contributed by atoms with Crippen molar-refractivity contribution in [3.63, 3.8) is 0 Å². The van der Waals surface area contributed by atoms with Gasteiger partial charge in [0.25, 0.3) is 0 Å². The first-order chi connectivity index (χ1) is 7.25. The van der Waals surface area contributed by atoms with Gasteiger partial charge in [0.15, 0.2) is 0 Å². The largest absolute Gasteiger partial charge is 0.385 e. The van der Waals surface area contributed by atoms with E-state index in [9.17, 15) is 5.11 Å². The molecule has 0 bridgehead atoms. The van der Waals surface area contributed by atoms with E-state index in [0.29, 0.717) is 0 Å². The molecule has 2 aliphatic heterocycles. The smallest absolute Gasteiger partial charge is 0.134 e. The van der Waals surface area contributed by atoms with Crippen LogP contribution < -0.4 is 0 Å². The summed E-state index contributed by atoms with van der Waals surface area (Å²) in [5.41, 5.74) is 1.96. The van der Waals surface area contributed by atoms with Crippen molar-refractivity contribution >= 4 is 23.1 Å². The van der Waals surface area contributed by atoms with Crippen LogP contribution in [0.1, 0.15) is 12.0 Å². The quantitative estimate of drug-likeness (QED) is 0.729. The Hall–Kier alpha value is -1.06. The fourth-order valence-electron chi connectivity index (χ4n) is 2.16. The first kappa shape index (κ1) is 9.19. The van der Waals surface area contributed by atoms with Crippen LogP contribution in [-0.2, 0) is 6.54 Å². The number of halogens is 1.